The first kappa shape index (κ1) is 21.9. The maximum Gasteiger partial charge on any atom is 0.243 e. The second kappa shape index (κ2) is 9.34. The number of hydrogen-bond donors (Lipinski definition) is 1. The van der Waals surface area contributed by atoms with Crippen molar-refractivity contribution in [1.82, 2.24) is 4.31 Å². The molecule has 5 nitrogen and oxygen atoms in total. The smallest absolute Gasteiger partial charge is 0.243 e. The van der Waals surface area contributed by atoms with Crippen molar-refractivity contribution in [2.75, 3.05) is 11.9 Å². The lowest BCUT2D eigenvalue weighted by molar-refractivity contribution is -0.116. The van der Waals surface area contributed by atoms with E-state index in [2.05, 4.69) is 5.32 Å². The van der Waals surface area contributed by atoms with Crippen molar-refractivity contribution in [3.8, 4) is 0 Å². The van der Waals surface area contributed by atoms with Gasteiger partial charge in [-0.1, -0.05) is 41.9 Å². The van der Waals surface area contributed by atoms with E-state index < -0.39 is 34.1 Å². The maximum absolute atomic E-state index is 13.3. The summed E-state index contributed by atoms with van der Waals surface area (Å²) >= 11 is 5.71. The van der Waals surface area contributed by atoms with E-state index in [1.807, 2.05) is 0 Å². The van der Waals surface area contributed by atoms with Gasteiger partial charge in [0.25, 0.3) is 0 Å². The molecule has 30 heavy (non-hydrogen) atoms. The van der Waals surface area contributed by atoms with E-state index in [-0.39, 0.29) is 22.2 Å². The molecule has 0 saturated heterocycles. The van der Waals surface area contributed by atoms with Crippen LogP contribution in [-0.2, 0) is 21.4 Å². The Hall–Kier alpha value is -2.81. The fourth-order valence-electron chi connectivity index (χ4n) is 2.70. The molecule has 0 aromatic heterocycles. The Morgan fingerprint density at radius 1 is 0.967 bits per heavy atom. The summed E-state index contributed by atoms with van der Waals surface area (Å²) in [4.78, 5) is 12.5. The number of carbonyl (C=O) groups excluding carboxylic acids is 1. The Morgan fingerprint density at radius 2 is 1.63 bits per heavy atom. The molecular weight excluding hydrogens is 434 g/mol. The van der Waals surface area contributed by atoms with E-state index in [1.54, 1.807) is 18.2 Å². The quantitative estimate of drug-likeness (QED) is 0.578. The average molecular weight is 451 g/mol. The third-order valence-electron chi connectivity index (χ3n) is 4.18. The van der Waals surface area contributed by atoms with Crippen LogP contribution in [0.1, 0.15) is 5.56 Å². The molecule has 1 amide bonds. The van der Waals surface area contributed by atoms with Gasteiger partial charge in [-0.15, -0.1) is 0 Å². The molecule has 0 radical (unpaired) electrons. The fraction of sp³-hybridized carbons (Fsp3) is 0.0952. The predicted octanol–water partition coefficient (Wildman–Crippen LogP) is 4.45. The number of nitrogens with zero attached hydrogens (tertiary/aromatic N) is 1. The maximum atomic E-state index is 13.3. The van der Waals surface area contributed by atoms with E-state index in [0.29, 0.717) is 5.56 Å². The first-order chi connectivity index (χ1) is 14.3. The zero-order chi connectivity index (χ0) is 21.7. The summed E-state index contributed by atoms with van der Waals surface area (Å²) in [6.07, 6.45) is 0. The SMILES string of the molecule is O=C(CN(Cc1ccc(F)cc1)S(=O)(=O)c1ccccc1)Nc1ccc(F)c(Cl)c1. The molecule has 1 N–H and O–H groups in total. The number of nitrogens with one attached hydrogen (secondary N) is 1. The molecule has 0 aliphatic rings. The van der Waals surface area contributed by atoms with E-state index in [4.69, 9.17) is 11.6 Å². The van der Waals surface area contributed by atoms with Gasteiger partial charge in [-0.25, -0.2) is 17.2 Å². The van der Waals surface area contributed by atoms with Gasteiger partial charge in [-0.05, 0) is 48.0 Å². The van der Waals surface area contributed by atoms with Crippen molar-refractivity contribution in [3.63, 3.8) is 0 Å². The normalized spacial score (nSPS) is 11.5. The van der Waals surface area contributed by atoms with Crippen LogP contribution in [0.2, 0.25) is 5.02 Å². The largest absolute Gasteiger partial charge is 0.325 e. The van der Waals surface area contributed by atoms with Crippen LogP contribution in [0, 0.1) is 11.6 Å². The molecule has 3 rings (SSSR count). The highest BCUT2D eigenvalue weighted by molar-refractivity contribution is 7.89. The molecule has 156 valence electrons. The third kappa shape index (κ3) is 5.41. The number of sulfonamides is 1. The minimum atomic E-state index is -4.02. The number of amides is 1. The summed E-state index contributed by atoms with van der Waals surface area (Å²) in [7, 11) is -4.02. The topological polar surface area (TPSA) is 66.5 Å². The summed E-state index contributed by atoms with van der Waals surface area (Å²) < 4.78 is 53.7. The molecule has 0 atom stereocenters. The lowest BCUT2D eigenvalue weighted by atomic mass is 10.2. The lowest BCUT2D eigenvalue weighted by Crippen LogP contribution is -2.37. The van der Waals surface area contributed by atoms with E-state index in [1.165, 1.54) is 48.5 Å². The third-order valence-corrected chi connectivity index (χ3v) is 6.27. The van der Waals surface area contributed by atoms with Crippen molar-refractivity contribution >= 4 is 33.2 Å². The van der Waals surface area contributed by atoms with Crippen molar-refractivity contribution in [1.29, 1.82) is 0 Å². The van der Waals surface area contributed by atoms with E-state index in [9.17, 15) is 22.0 Å². The van der Waals surface area contributed by atoms with Gasteiger partial charge >= 0.3 is 0 Å². The Labute approximate surface area is 178 Å². The van der Waals surface area contributed by atoms with Crippen LogP contribution in [-0.4, -0.2) is 25.2 Å². The summed E-state index contributed by atoms with van der Waals surface area (Å²) in [5.74, 6) is -1.74. The molecule has 0 aliphatic carbocycles. The zero-order valence-corrected chi connectivity index (χ0v) is 17.1. The molecule has 0 saturated carbocycles. The molecule has 3 aromatic carbocycles. The second-order valence-corrected chi connectivity index (χ2v) is 8.73. The van der Waals surface area contributed by atoms with E-state index in [0.717, 1.165) is 10.4 Å². The summed E-state index contributed by atoms with van der Waals surface area (Å²) in [6, 6.07) is 16.6. The molecule has 0 unspecified atom stereocenters. The fourth-order valence-corrected chi connectivity index (χ4v) is 4.28. The molecule has 0 bridgehead atoms. The zero-order valence-electron chi connectivity index (χ0n) is 15.6. The number of benzene rings is 3. The number of halogens is 3. The van der Waals surface area contributed by atoms with Crippen LogP contribution < -0.4 is 5.32 Å². The summed E-state index contributed by atoms with van der Waals surface area (Å²) in [5.41, 5.74) is 0.735. The van der Waals surface area contributed by atoms with Crippen molar-refractivity contribution in [2.45, 2.75) is 11.4 Å². The monoisotopic (exact) mass is 450 g/mol. The van der Waals surface area contributed by atoms with Crippen LogP contribution >= 0.6 is 11.6 Å². The van der Waals surface area contributed by atoms with Gasteiger partial charge < -0.3 is 5.32 Å². The van der Waals surface area contributed by atoms with Gasteiger partial charge in [0.05, 0.1) is 16.5 Å². The molecular formula is C21H17ClF2N2O3S. The lowest BCUT2D eigenvalue weighted by Gasteiger charge is -2.22. The van der Waals surface area contributed by atoms with Crippen LogP contribution in [0.5, 0.6) is 0 Å². The van der Waals surface area contributed by atoms with Gasteiger partial charge in [0.1, 0.15) is 11.6 Å². The van der Waals surface area contributed by atoms with Crippen LogP contribution in [0.3, 0.4) is 0 Å². The highest BCUT2D eigenvalue weighted by Crippen LogP contribution is 2.21. The first-order valence-corrected chi connectivity index (χ1v) is 10.6. The molecule has 0 spiro atoms. The van der Waals surface area contributed by atoms with Crippen molar-refractivity contribution < 1.29 is 22.0 Å². The average Bonchev–Trinajstić information content (AvgIpc) is 2.72. The number of rotatable bonds is 7. The van der Waals surface area contributed by atoms with Crippen molar-refractivity contribution in [2.24, 2.45) is 0 Å². The first-order valence-electron chi connectivity index (χ1n) is 8.80. The Morgan fingerprint density at radius 3 is 2.27 bits per heavy atom. The van der Waals surface area contributed by atoms with E-state index >= 15 is 0 Å². The molecule has 0 fully saturated rings. The molecule has 3 aromatic rings. The standard InChI is InChI=1S/C21H17ClF2N2O3S/c22-19-12-17(10-11-20(19)24)25-21(27)14-26(13-15-6-8-16(23)9-7-15)30(28,29)18-4-2-1-3-5-18/h1-12H,13-14H2,(H,25,27). The van der Waals surface area contributed by atoms with Crippen molar-refractivity contribution in [3.05, 3.63) is 95.0 Å². The van der Waals surface area contributed by atoms with Crippen LogP contribution in [0.15, 0.2) is 77.7 Å². The minimum Gasteiger partial charge on any atom is -0.325 e. The Kier molecular flexibility index (Phi) is 6.81. The van der Waals surface area contributed by atoms with Gasteiger partial charge in [-0.2, -0.15) is 4.31 Å². The highest BCUT2D eigenvalue weighted by Gasteiger charge is 2.27. The highest BCUT2D eigenvalue weighted by atomic mass is 35.5. The second-order valence-electron chi connectivity index (χ2n) is 6.39. The Bertz CT molecular complexity index is 1140. The summed E-state index contributed by atoms with van der Waals surface area (Å²) in [5, 5.41) is 2.33. The predicted molar refractivity (Wildman–Crippen MR) is 110 cm³/mol. The minimum absolute atomic E-state index is 0.0183. The van der Waals surface area contributed by atoms with Gasteiger partial charge in [0.2, 0.25) is 15.9 Å². The van der Waals surface area contributed by atoms with Gasteiger partial charge in [-0.3, -0.25) is 4.79 Å². The van der Waals surface area contributed by atoms with Crippen LogP contribution in [0.25, 0.3) is 0 Å². The Balaban J connectivity index is 1.85. The molecule has 0 heterocycles. The van der Waals surface area contributed by atoms with Gasteiger partial charge in [0, 0.05) is 12.2 Å². The summed E-state index contributed by atoms with van der Waals surface area (Å²) in [6.45, 7) is -0.654. The molecule has 9 heteroatoms. The van der Waals surface area contributed by atoms with Gasteiger partial charge in [0.15, 0.2) is 0 Å². The number of anilines is 1. The molecule has 0 aliphatic heterocycles. The number of carbonyl (C=O) groups is 1. The number of hydrogen-bond acceptors (Lipinski definition) is 3. The van der Waals surface area contributed by atoms with Crippen LogP contribution in [0.4, 0.5) is 14.5 Å².